The van der Waals surface area contributed by atoms with Crippen LogP contribution in [0.1, 0.15) is 0 Å². The van der Waals surface area contributed by atoms with Gasteiger partial charge in [0.15, 0.2) is 10.3 Å². The van der Waals surface area contributed by atoms with Gasteiger partial charge in [-0.3, -0.25) is 10.8 Å². The molecular formula is C6H12N4S2. The van der Waals surface area contributed by atoms with E-state index in [1.165, 1.54) is 23.5 Å². The van der Waals surface area contributed by atoms with Crippen LogP contribution in [0.3, 0.4) is 0 Å². The number of rotatable bonds is 4. The van der Waals surface area contributed by atoms with E-state index in [1.54, 1.807) is 0 Å². The van der Waals surface area contributed by atoms with Gasteiger partial charge in [0.2, 0.25) is 0 Å². The van der Waals surface area contributed by atoms with Gasteiger partial charge in [-0.1, -0.05) is 35.7 Å². The fourth-order valence-electron chi connectivity index (χ4n) is 0.401. The number of thioether (sulfide) groups is 2. The summed E-state index contributed by atoms with van der Waals surface area (Å²) < 4.78 is 0. The summed E-state index contributed by atoms with van der Waals surface area (Å²) in [7, 11) is 0. The molecule has 0 spiro atoms. The van der Waals surface area contributed by atoms with Gasteiger partial charge in [-0.25, -0.2) is 0 Å². The first-order valence-electron chi connectivity index (χ1n) is 3.12. The maximum absolute atomic E-state index is 6.93. The molecule has 12 heavy (non-hydrogen) atoms. The highest BCUT2D eigenvalue weighted by Gasteiger charge is 1.98. The normalized spacial score (nSPS) is 9.33. The van der Waals surface area contributed by atoms with Crippen LogP contribution >= 0.6 is 23.5 Å². The van der Waals surface area contributed by atoms with Crippen LogP contribution in [-0.4, -0.2) is 21.8 Å². The summed E-state index contributed by atoms with van der Waals surface area (Å²) >= 11 is 2.46. The zero-order valence-corrected chi connectivity index (χ0v) is 8.23. The van der Waals surface area contributed by atoms with E-state index in [1.807, 2.05) is 0 Å². The number of amidine groups is 2. The lowest BCUT2D eigenvalue weighted by Crippen LogP contribution is -2.08. The second kappa shape index (κ2) is 5.96. The highest BCUT2D eigenvalue weighted by molar-refractivity contribution is 8.14. The maximum Gasteiger partial charge on any atom is 0.151 e. The van der Waals surface area contributed by atoms with Gasteiger partial charge in [-0.05, 0) is 0 Å². The molecule has 0 bridgehead atoms. The van der Waals surface area contributed by atoms with Gasteiger partial charge in [-0.15, -0.1) is 0 Å². The number of hydrogen-bond donors (Lipinski definition) is 4. The molecule has 0 radical (unpaired) electrons. The molecule has 0 heterocycles. The van der Waals surface area contributed by atoms with Crippen LogP contribution in [0.15, 0.2) is 12.2 Å². The summed E-state index contributed by atoms with van der Waals surface area (Å²) in [5.41, 5.74) is 11.2. The molecular weight excluding hydrogens is 192 g/mol. The molecule has 6 heteroatoms. The predicted octanol–water partition coefficient (Wildman–Crippen LogP) is 0.796. The summed E-state index contributed by atoms with van der Waals surface area (Å²) in [5.74, 6) is 1.24. The standard InChI is InChI=1S/C6H12N4S2/c1-4(2-11-5(7)8)3-12-6(9)10/h1-3H2,(H3,7,8)(H3,9,10). The second-order valence-corrected chi connectivity index (χ2v) is 4.09. The summed E-state index contributed by atoms with van der Waals surface area (Å²) in [4.78, 5) is 0. The Balaban J connectivity index is 3.47. The molecule has 0 aromatic carbocycles. The first-order valence-corrected chi connectivity index (χ1v) is 5.09. The lowest BCUT2D eigenvalue weighted by Gasteiger charge is -2.02. The zero-order valence-electron chi connectivity index (χ0n) is 6.59. The fraction of sp³-hybridized carbons (Fsp3) is 0.333. The van der Waals surface area contributed by atoms with Crippen LogP contribution in [0.25, 0.3) is 0 Å². The molecule has 0 aliphatic carbocycles. The molecule has 0 aliphatic heterocycles. The van der Waals surface area contributed by atoms with Crippen molar-refractivity contribution in [3.05, 3.63) is 12.2 Å². The topological polar surface area (TPSA) is 99.7 Å². The summed E-state index contributed by atoms with van der Waals surface area (Å²) in [6.45, 7) is 3.75. The Morgan fingerprint density at radius 3 is 1.67 bits per heavy atom. The quantitative estimate of drug-likeness (QED) is 0.309. The van der Waals surface area contributed by atoms with Crippen molar-refractivity contribution >= 4 is 33.9 Å². The molecule has 0 fully saturated rings. The minimum absolute atomic E-state index is 0.0870. The Hall–Kier alpha value is -0.620. The molecule has 0 aromatic heterocycles. The van der Waals surface area contributed by atoms with Gasteiger partial charge in [0.05, 0.1) is 0 Å². The highest BCUT2D eigenvalue weighted by Crippen LogP contribution is 2.10. The number of hydrogen-bond acceptors (Lipinski definition) is 4. The Kier molecular flexibility index (Phi) is 5.65. The number of nitrogens with two attached hydrogens (primary N) is 2. The molecule has 0 aliphatic rings. The monoisotopic (exact) mass is 204 g/mol. The average molecular weight is 204 g/mol. The highest BCUT2D eigenvalue weighted by atomic mass is 32.2. The van der Waals surface area contributed by atoms with E-state index in [4.69, 9.17) is 22.3 Å². The predicted molar refractivity (Wildman–Crippen MR) is 57.9 cm³/mol. The van der Waals surface area contributed by atoms with Gasteiger partial charge in [-0.2, -0.15) is 0 Å². The van der Waals surface area contributed by atoms with Crippen molar-refractivity contribution in [1.29, 1.82) is 10.8 Å². The number of nitrogens with one attached hydrogen (secondary N) is 2. The fourth-order valence-corrected chi connectivity index (χ4v) is 1.45. The van der Waals surface area contributed by atoms with Crippen LogP contribution in [0.4, 0.5) is 0 Å². The van der Waals surface area contributed by atoms with Gasteiger partial charge in [0.1, 0.15) is 0 Å². The molecule has 0 atom stereocenters. The van der Waals surface area contributed by atoms with Crippen molar-refractivity contribution in [2.45, 2.75) is 0 Å². The Morgan fingerprint density at radius 1 is 1.08 bits per heavy atom. The molecule has 0 saturated carbocycles. The van der Waals surface area contributed by atoms with Crippen molar-refractivity contribution in [3.63, 3.8) is 0 Å². The maximum atomic E-state index is 6.93. The molecule has 0 rings (SSSR count). The van der Waals surface area contributed by atoms with Crippen molar-refractivity contribution in [2.75, 3.05) is 11.5 Å². The smallest absolute Gasteiger partial charge is 0.151 e. The van der Waals surface area contributed by atoms with E-state index >= 15 is 0 Å². The van der Waals surface area contributed by atoms with Crippen LogP contribution < -0.4 is 11.5 Å². The minimum Gasteiger partial charge on any atom is -0.379 e. The van der Waals surface area contributed by atoms with Crippen molar-refractivity contribution in [3.8, 4) is 0 Å². The molecule has 6 N–H and O–H groups in total. The molecule has 0 amide bonds. The lowest BCUT2D eigenvalue weighted by atomic mass is 10.4. The molecule has 68 valence electrons. The molecule has 0 unspecified atom stereocenters. The van der Waals surface area contributed by atoms with E-state index in [9.17, 15) is 0 Å². The van der Waals surface area contributed by atoms with Crippen LogP contribution in [0, 0.1) is 10.8 Å². The second-order valence-electron chi connectivity index (χ2n) is 2.06. The summed E-state index contributed by atoms with van der Waals surface area (Å²) in [6.07, 6.45) is 0. The SMILES string of the molecule is C=C(CSC(=N)N)CSC(=N)N. The third kappa shape index (κ3) is 7.49. The third-order valence-corrected chi connectivity index (χ3v) is 2.59. The van der Waals surface area contributed by atoms with Crippen LogP contribution in [0.2, 0.25) is 0 Å². The molecule has 0 aromatic rings. The first-order chi connectivity index (χ1) is 5.52. The summed E-state index contributed by atoms with van der Waals surface area (Å²) in [6, 6.07) is 0. The van der Waals surface area contributed by atoms with Gasteiger partial charge < -0.3 is 11.5 Å². The molecule has 0 saturated heterocycles. The third-order valence-electron chi connectivity index (χ3n) is 0.864. The van der Waals surface area contributed by atoms with Crippen molar-refractivity contribution < 1.29 is 0 Å². The minimum atomic E-state index is 0.0870. The first kappa shape index (κ1) is 11.4. The van der Waals surface area contributed by atoms with Crippen molar-refractivity contribution in [2.24, 2.45) is 11.5 Å². The average Bonchev–Trinajstić information content (AvgIpc) is 1.96. The van der Waals surface area contributed by atoms with Gasteiger partial charge in [0.25, 0.3) is 0 Å². The van der Waals surface area contributed by atoms with E-state index in [0.717, 1.165) is 5.57 Å². The van der Waals surface area contributed by atoms with Gasteiger partial charge in [0, 0.05) is 11.5 Å². The van der Waals surface area contributed by atoms with E-state index < -0.39 is 0 Å². The van der Waals surface area contributed by atoms with Crippen LogP contribution in [0.5, 0.6) is 0 Å². The van der Waals surface area contributed by atoms with E-state index in [0.29, 0.717) is 11.5 Å². The Bertz CT molecular complexity index is 182. The summed E-state index contributed by atoms with van der Waals surface area (Å²) in [5, 5.41) is 14.0. The lowest BCUT2D eigenvalue weighted by molar-refractivity contribution is 1.45. The van der Waals surface area contributed by atoms with E-state index in [2.05, 4.69) is 6.58 Å². The Labute approximate surface area is 80.2 Å². The van der Waals surface area contributed by atoms with Crippen LogP contribution in [-0.2, 0) is 0 Å². The van der Waals surface area contributed by atoms with E-state index in [-0.39, 0.29) is 10.3 Å². The Morgan fingerprint density at radius 2 is 1.42 bits per heavy atom. The van der Waals surface area contributed by atoms with Crippen molar-refractivity contribution in [1.82, 2.24) is 0 Å². The molecule has 4 nitrogen and oxygen atoms in total. The largest absolute Gasteiger partial charge is 0.379 e. The zero-order chi connectivity index (χ0) is 9.56. The van der Waals surface area contributed by atoms with Gasteiger partial charge >= 0.3 is 0 Å².